The SMILES string of the molecule is Cc1c(C(=O)Nc2cc(C(F)(F)F)ccc2Cl)oc2c1/C(=N\Nc1ccccc1)CC(C)(C)C2. The van der Waals surface area contributed by atoms with E-state index in [2.05, 4.69) is 29.7 Å². The maximum absolute atomic E-state index is 13.1. The molecule has 0 radical (unpaired) electrons. The van der Waals surface area contributed by atoms with Gasteiger partial charge in [-0.1, -0.05) is 43.6 Å². The Kier molecular flexibility index (Phi) is 6.20. The van der Waals surface area contributed by atoms with E-state index in [9.17, 15) is 18.0 Å². The number of rotatable bonds is 4. The summed E-state index contributed by atoms with van der Waals surface area (Å²) in [5.74, 6) is -0.0486. The molecule has 1 aromatic heterocycles. The molecule has 0 saturated heterocycles. The number of nitrogens with one attached hydrogen (secondary N) is 2. The molecule has 0 atom stereocenters. The number of hydrogen-bond donors (Lipinski definition) is 2. The number of fused-ring (bicyclic) bond motifs is 1. The van der Waals surface area contributed by atoms with Crippen LogP contribution >= 0.6 is 11.6 Å². The van der Waals surface area contributed by atoms with Crippen molar-refractivity contribution in [1.29, 1.82) is 0 Å². The molecule has 1 amide bonds. The average Bonchev–Trinajstić information content (AvgIpc) is 3.08. The van der Waals surface area contributed by atoms with Gasteiger partial charge in [-0.15, -0.1) is 0 Å². The molecule has 2 N–H and O–H groups in total. The van der Waals surface area contributed by atoms with E-state index >= 15 is 0 Å². The zero-order valence-electron chi connectivity index (χ0n) is 18.8. The molecule has 0 unspecified atom stereocenters. The first-order chi connectivity index (χ1) is 15.9. The Morgan fingerprint density at radius 1 is 1.12 bits per heavy atom. The number of nitrogens with zero attached hydrogens (tertiary/aromatic N) is 1. The molecule has 0 saturated carbocycles. The smallest absolute Gasteiger partial charge is 0.416 e. The molecule has 2 aromatic carbocycles. The second kappa shape index (κ2) is 8.83. The summed E-state index contributed by atoms with van der Waals surface area (Å²) in [5.41, 5.74) is 4.70. The molecule has 0 bridgehead atoms. The third-order valence-corrected chi connectivity index (χ3v) is 5.96. The molecule has 9 heteroatoms. The van der Waals surface area contributed by atoms with Gasteiger partial charge in [0, 0.05) is 17.5 Å². The van der Waals surface area contributed by atoms with Gasteiger partial charge in [0.05, 0.1) is 27.7 Å². The number of hydrazone groups is 1. The predicted octanol–water partition coefficient (Wildman–Crippen LogP) is 7.30. The topological polar surface area (TPSA) is 66.6 Å². The fourth-order valence-electron chi connectivity index (χ4n) is 4.05. The zero-order valence-corrected chi connectivity index (χ0v) is 19.6. The monoisotopic (exact) mass is 489 g/mol. The van der Waals surface area contributed by atoms with Crippen LogP contribution in [0.3, 0.4) is 0 Å². The lowest BCUT2D eigenvalue weighted by molar-refractivity contribution is -0.137. The van der Waals surface area contributed by atoms with Crippen LogP contribution in [0.25, 0.3) is 0 Å². The number of furan rings is 1. The minimum Gasteiger partial charge on any atom is -0.455 e. The second-order valence-corrected chi connectivity index (χ2v) is 9.46. The van der Waals surface area contributed by atoms with E-state index in [-0.39, 0.29) is 21.9 Å². The first-order valence-corrected chi connectivity index (χ1v) is 11.0. The number of anilines is 2. The fourth-order valence-corrected chi connectivity index (χ4v) is 4.21. The Balaban J connectivity index is 1.67. The number of alkyl halides is 3. The highest BCUT2D eigenvalue weighted by Crippen LogP contribution is 2.39. The highest BCUT2D eigenvalue weighted by molar-refractivity contribution is 6.34. The summed E-state index contributed by atoms with van der Waals surface area (Å²) in [4.78, 5) is 13.0. The van der Waals surface area contributed by atoms with Gasteiger partial charge in [-0.25, -0.2) is 0 Å². The van der Waals surface area contributed by atoms with E-state index in [1.807, 2.05) is 30.3 Å². The molecular weight excluding hydrogens is 467 g/mol. The van der Waals surface area contributed by atoms with Crippen LogP contribution in [0.15, 0.2) is 58.0 Å². The molecular formula is C25H23ClF3N3O2. The summed E-state index contributed by atoms with van der Waals surface area (Å²) in [6, 6.07) is 12.2. The van der Waals surface area contributed by atoms with Gasteiger partial charge in [-0.3, -0.25) is 10.2 Å². The number of carbonyl (C=O) groups excluding carboxylic acids is 1. The van der Waals surface area contributed by atoms with Gasteiger partial charge in [0.15, 0.2) is 5.76 Å². The van der Waals surface area contributed by atoms with E-state index in [0.29, 0.717) is 24.2 Å². The number of carbonyl (C=O) groups is 1. The molecule has 178 valence electrons. The molecule has 0 aliphatic heterocycles. The van der Waals surface area contributed by atoms with Crippen molar-refractivity contribution in [2.45, 2.75) is 39.8 Å². The Labute approximate surface area is 200 Å². The van der Waals surface area contributed by atoms with E-state index in [4.69, 9.17) is 16.0 Å². The van der Waals surface area contributed by atoms with Crippen LogP contribution in [-0.2, 0) is 12.6 Å². The third-order valence-electron chi connectivity index (χ3n) is 5.64. The highest BCUT2D eigenvalue weighted by atomic mass is 35.5. The second-order valence-electron chi connectivity index (χ2n) is 9.05. The summed E-state index contributed by atoms with van der Waals surface area (Å²) in [6.07, 6.45) is -3.32. The van der Waals surface area contributed by atoms with E-state index in [0.717, 1.165) is 35.2 Å². The minimum atomic E-state index is -4.56. The first-order valence-electron chi connectivity index (χ1n) is 10.6. The van der Waals surface area contributed by atoms with Gasteiger partial charge in [0.1, 0.15) is 5.76 Å². The molecule has 1 aliphatic carbocycles. The first kappa shape index (κ1) is 23.9. The fraction of sp³-hybridized carbons (Fsp3) is 0.280. The van der Waals surface area contributed by atoms with Crippen molar-refractivity contribution in [2.75, 3.05) is 10.7 Å². The quantitative estimate of drug-likeness (QED) is 0.378. The van der Waals surface area contributed by atoms with Crippen LogP contribution in [0.5, 0.6) is 0 Å². The Hall–Kier alpha value is -3.26. The number of benzene rings is 2. The van der Waals surface area contributed by atoms with Crippen LogP contribution < -0.4 is 10.7 Å². The molecule has 0 fully saturated rings. The van der Waals surface area contributed by atoms with E-state index < -0.39 is 17.6 Å². The van der Waals surface area contributed by atoms with Crippen molar-refractivity contribution in [3.8, 4) is 0 Å². The number of amides is 1. The van der Waals surface area contributed by atoms with Crippen molar-refractivity contribution in [3.63, 3.8) is 0 Å². The van der Waals surface area contributed by atoms with Crippen LogP contribution in [0.4, 0.5) is 24.5 Å². The van der Waals surface area contributed by atoms with Crippen molar-refractivity contribution in [1.82, 2.24) is 0 Å². The maximum Gasteiger partial charge on any atom is 0.416 e. The summed E-state index contributed by atoms with van der Waals surface area (Å²) in [7, 11) is 0. The molecule has 34 heavy (non-hydrogen) atoms. The zero-order chi connectivity index (χ0) is 24.7. The van der Waals surface area contributed by atoms with Gasteiger partial charge >= 0.3 is 6.18 Å². The normalized spacial score (nSPS) is 16.3. The van der Waals surface area contributed by atoms with Gasteiger partial charge in [0.2, 0.25) is 0 Å². The molecule has 1 aliphatic rings. The Morgan fingerprint density at radius 2 is 1.82 bits per heavy atom. The lowest BCUT2D eigenvalue weighted by Crippen LogP contribution is -2.27. The van der Waals surface area contributed by atoms with Gasteiger partial charge in [0.25, 0.3) is 5.91 Å². The van der Waals surface area contributed by atoms with Crippen molar-refractivity contribution >= 4 is 34.6 Å². The van der Waals surface area contributed by atoms with Gasteiger partial charge in [-0.2, -0.15) is 18.3 Å². The Morgan fingerprint density at radius 3 is 2.50 bits per heavy atom. The van der Waals surface area contributed by atoms with Crippen LogP contribution in [-0.4, -0.2) is 11.6 Å². The van der Waals surface area contributed by atoms with Crippen LogP contribution in [0.1, 0.15) is 53.3 Å². The molecule has 4 rings (SSSR count). The molecule has 3 aromatic rings. The van der Waals surface area contributed by atoms with E-state index in [1.54, 1.807) is 6.92 Å². The summed E-state index contributed by atoms with van der Waals surface area (Å²) < 4.78 is 45.2. The molecule has 5 nitrogen and oxygen atoms in total. The Bertz CT molecular complexity index is 1260. The lowest BCUT2D eigenvalue weighted by Gasteiger charge is -2.29. The number of hydrogen-bond acceptors (Lipinski definition) is 4. The maximum atomic E-state index is 13.1. The average molecular weight is 490 g/mol. The van der Waals surface area contributed by atoms with Crippen molar-refractivity contribution in [2.24, 2.45) is 10.5 Å². The molecule has 0 spiro atoms. The summed E-state index contributed by atoms with van der Waals surface area (Å²) in [6.45, 7) is 5.89. The minimum absolute atomic E-state index is 0.00855. The largest absolute Gasteiger partial charge is 0.455 e. The van der Waals surface area contributed by atoms with Gasteiger partial charge < -0.3 is 9.73 Å². The summed E-state index contributed by atoms with van der Waals surface area (Å²) in [5, 5.41) is 7.04. The number of halogens is 4. The number of para-hydroxylation sites is 1. The third kappa shape index (κ3) is 4.97. The van der Waals surface area contributed by atoms with Crippen LogP contribution in [0, 0.1) is 12.3 Å². The van der Waals surface area contributed by atoms with Crippen LogP contribution in [0.2, 0.25) is 5.02 Å². The summed E-state index contributed by atoms with van der Waals surface area (Å²) >= 11 is 6.04. The standard InChI is InChI=1S/C25H23ClF3N3O2/c1-14-21-19(32-31-16-7-5-4-6-8-16)12-24(2,3)13-20(21)34-22(14)23(33)30-18-11-15(25(27,28)29)9-10-17(18)26/h4-11,31H,12-13H2,1-3H3,(H,30,33)/b32-19-. The van der Waals surface area contributed by atoms with E-state index in [1.165, 1.54) is 0 Å². The highest BCUT2D eigenvalue weighted by Gasteiger charge is 2.36. The van der Waals surface area contributed by atoms with Crippen molar-refractivity contribution < 1.29 is 22.4 Å². The molecule has 1 heterocycles. The van der Waals surface area contributed by atoms with Crippen molar-refractivity contribution in [3.05, 3.63) is 81.8 Å². The van der Waals surface area contributed by atoms with Gasteiger partial charge in [-0.05, 0) is 49.1 Å². The lowest BCUT2D eigenvalue weighted by atomic mass is 9.75. The predicted molar refractivity (Wildman–Crippen MR) is 127 cm³/mol.